The number of carbonyl (C=O) groups is 5. The standard InChI is InChI=1S/C15H26N4O7S/c1-6(2)11(14(24)18-9(5-27)15(25)26)19-13(23)8(4-10(20)21)17-12(22)7(3)16/h6-9,11,27H,4-5,16H2,1-3H3,(H,17,22)(H,18,24)(H,19,23)(H,20,21)(H,25,26). The van der Waals surface area contributed by atoms with Crippen LogP contribution in [0.25, 0.3) is 0 Å². The van der Waals surface area contributed by atoms with Crippen molar-refractivity contribution < 1.29 is 34.2 Å². The lowest BCUT2D eigenvalue weighted by Crippen LogP contribution is -2.58. The van der Waals surface area contributed by atoms with E-state index in [1.54, 1.807) is 13.8 Å². The smallest absolute Gasteiger partial charge is 0.327 e. The van der Waals surface area contributed by atoms with Crippen molar-refractivity contribution in [1.29, 1.82) is 0 Å². The van der Waals surface area contributed by atoms with Gasteiger partial charge in [0.15, 0.2) is 0 Å². The number of nitrogens with two attached hydrogens (primary N) is 1. The van der Waals surface area contributed by atoms with Crippen LogP contribution in [-0.2, 0) is 24.0 Å². The molecule has 0 saturated carbocycles. The maximum atomic E-state index is 12.4. The van der Waals surface area contributed by atoms with Gasteiger partial charge in [-0.3, -0.25) is 19.2 Å². The third-order valence-electron chi connectivity index (χ3n) is 3.47. The molecule has 27 heavy (non-hydrogen) atoms. The molecule has 0 aliphatic heterocycles. The Morgan fingerprint density at radius 2 is 1.41 bits per heavy atom. The van der Waals surface area contributed by atoms with E-state index in [4.69, 9.17) is 15.9 Å². The average Bonchev–Trinajstić information content (AvgIpc) is 2.55. The molecule has 0 rings (SSSR count). The number of carboxylic acids is 2. The molecule has 4 unspecified atom stereocenters. The monoisotopic (exact) mass is 406 g/mol. The Morgan fingerprint density at radius 1 is 0.889 bits per heavy atom. The highest BCUT2D eigenvalue weighted by molar-refractivity contribution is 7.80. The van der Waals surface area contributed by atoms with Crippen LogP contribution in [0.15, 0.2) is 0 Å². The first-order chi connectivity index (χ1) is 12.4. The largest absolute Gasteiger partial charge is 0.481 e. The molecule has 0 saturated heterocycles. The Balaban J connectivity index is 5.29. The van der Waals surface area contributed by atoms with Gasteiger partial charge in [0.25, 0.3) is 0 Å². The average molecular weight is 406 g/mol. The van der Waals surface area contributed by atoms with Gasteiger partial charge in [0.1, 0.15) is 18.1 Å². The number of nitrogens with one attached hydrogen (secondary N) is 3. The molecule has 0 aromatic heterocycles. The molecular weight excluding hydrogens is 380 g/mol. The second-order valence-electron chi connectivity index (χ2n) is 6.26. The molecular formula is C15H26N4O7S. The summed E-state index contributed by atoms with van der Waals surface area (Å²) in [5.41, 5.74) is 5.39. The molecule has 3 amide bonds. The number of amides is 3. The fraction of sp³-hybridized carbons (Fsp3) is 0.667. The summed E-state index contributed by atoms with van der Waals surface area (Å²) in [7, 11) is 0. The molecule has 154 valence electrons. The summed E-state index contributed by atoms with van der Waals surface area (Å²) in [6, 6.07) is -4.82. The van der Waals surface area contributed by atoms with E-state index >= 15 is 0 Å². The summed E-state index contributed by atoms with van der Waals surface area (Å²) in [6.07, 6.45) is -0.717. The molecule has 0 fully saturated rings. The van der Waals surface area contributed by atoms with E-state index in [0.717, 1.165) is 0 Å². The lowest BCUT2D eigenvalue weighted by atomic mass is 10.0. The van der Waals surface area contributed by atoms with Crippen LogP contribution >= 0.6 is 12.6 Å². The lowest BCUT2D eigenvalue weighted by Gasteiger charge is -2.26. The molecule has 7 N–H and O–H groups in total. The van der Waals surface area contributed by atoms with Crippen molar-refractivity contribution in [3.8, 4) is 0 Å². The fourth-order valence-corrected chi connectivity index (χ4v) is 2.17. The van der Waals surface area contributed by atoms with Gasteiger partial charge in [-0.2, -0.15) is 12.6 Å². The quantitative estimate of drug-likeness (QED) is 0.191. The molecule has 0 bridgehead atoms. The third-order valence-corrected chi connectivity index (χ3v) is 3.83. The molecule has 4 atom stereocenters. The number of aliphatic carboxylic acids is 2. The van der Waals surface area contributed by atoms with Gasteiger partial charge in [-0.25, -0.2) is 4.79 Å². The number of carboxylic acid groups (broad SMARTS) is 2. The Bertz CT molecular complexity index is 583. The first kappa shape index (κ1) is 24.7. The van der Waals surface area contributed by atoms with E-state index in [9.17, 15) is 24.0 Å². The normalized spacial score (nSPS) is 15.2. The van der Waals surface area contributed by atoms with Gasteiger partial charge < -0.3 is 31.9 Å². The lowest BCUT2D eigenvalue weighted by molar-refractivity contribution is -0.143. The highest BCUT2D eigenvalue weighted by Gasteiger charge is 2.32. The van der Waals surface area contributed by atoms with Crippen molar-refractivity contribution in [3.05, 3.63) is 0 Å². The number of thiol groups is 1. The minimum Gasteiger partial charge on any atom is -0.481 e. The Labute approximate surface area is 161 Å². The van der Waals surface area contributed by atoms with Crippen LogP contribution in [0.2, 0.25) is 0 Å². The zero-order chi connectivity index (χ0) is 21.3. The summed E-state index contributed by atoms with van der Waals surface area (Å²) >= 11 is 3.84. The highest BCUT2D eigenvalue weighted by atomic mass is 32.1. The van der Waals surface area contributed by atoms with Gasteiger partial charge in [-0.1, -0.05) is 13.8 Å². The van der Waals surface area contributed by atoms with E-state index in [2.05, 4.69) is 28.6 Å². The number of carbonyl (C=O) groups excluding carboxylic acids is 3. The van der Waals surface area contributed by atoms with Gasteiger partial charge in [0.2, 0.25) is 17.7 Å². The first-order valence-corrected chi connectivity index (χ1v) is 8.76. The maximum absolute atomic E-state index is 12.4. The molecule has 0 aliphatic carbocycles. The molecule has 0 aliphatic rings. The van der Waals surface area contributed by atoms with Crippen molar-refractivity contribution in [2.24, 2.45) is 11.7 Å². The van der Waals surface area contributed by atoms with Crippen molar-refractivity contribution in [2.45, 2.75) is 51.4 Å². The molecule has 0 radical (unpaired) electrons. The summed E-state index contributed by atoms with van der Waals surface area (Å²) < 4.78 is 0. The third kappa shape index (κ3) is 8.73. The van der Waals surface area contributed by atoms with Gasteiger partial charge in [-0.15, -0.1) is 0 Å². The van der Waals surface area contributed by atoms with Gasteiger partial charge in [-0.05, 0) is 12.8 Å². The van der Waals surface area contributed by atoms with Crippen molar-refractivity contribution >= 4 is 42.3 Å². The second-order valence-corrected chi connectivity index (χ2v) is 6.63. The maximum Gasteiger partial charge on any atom is 0.327 e. The Morgan fingerprint density at radius 3 is 1.78 bits per heavy atom. The van der Waals surface area contributed by atoms with Crippen LogP contribution in [0.3, 0.4) is 0 Å². The van der Waals surface area contributed by atoms with Crippen LogP contribution < -0.4 is 21.7 Å². The molecule has 0 spiro atoms. The van der Waals surface area contributed by atoms with Crippen molar-refractivity contribution in [2.75, 3.05) is 5.75 Å². The first-order valence-electron chi connectivity index (χ1n) is 8.12. The van der Waals surface area contributed by atoms with Crippen molar-refractivity contribution in [3.63, 3.8) is 0 Å². The van der Waals surface area contributed by atoms with Gasteiger partial charge in [0, 0.05) is 5.75 Å². The zero-order valence-corrected chi connectivity index (χ0v) is 16.2. The summed E-state index contributed by atoms with van der Waals surface area (Å²) in [6.45, 7) is 4.57. The Kier molecular flexibility index (Phi) is 10.4. The number of rotatable bonds is 11. The van der Waals surface area contributed by atoms with E-state index in [1.165, 1.54) is 6.92 Å². The number of hydrogen-bond acceptors (Lipinski definition) is 7. The summed E-state index contributed by atoms with van der Waals surface area (Å²) in [5.74, 6) is -5.65. The highest BCUT2D eigenvalue weighted by Crippen LogP contribution is 2.05. The van der Waals surface area contributed by atoms with E-state index < -0.39 is 66.2 Å². The summed E-state index contributed by atoms with van der Waals surface area (Å²) in [4.78, 5) is 58.4. The van der Waals surface area contributed by atoms with E-state index in [-0.39, 0.29) is 5.75 Å². The van der Waals surface area contributed by atoms with Crippen LogP contribution in [0, 0.1) is 5.92 Å². The SMILES string of the molecule is CC(N)C(=O)NC(CC(=O)O)C(=O)NC(C(=O)NC(CS)C(=O)O)C(C)C. The topological polar surface area (TPSA) is 188 Å². The number of hydrogen-bond donors (Lipinski definition) is 7. The van der Waals surface area contributed by atoms with Crippen LogP contribution in [0.4, 0.5) is 0 Å². The minimum absolute atomic E-state index is 0.161. The van der Waals surface area contributed by atoms with Crippen LogP contribution in [-0.4, -0.2) is 69.8 Å². The molecule has 0 aromatic carbocycles. The van der Waals surface area contributed by atoms with Gasteiger partial charge >= 0.3 is 11.9 Å². The van der Waals surface area contributed by atoms with Gasteiger partial charge in [0.05, 0.1) is 12.5 Å². The van der Waals surface area contributed by atoms with E-state index in [1.807, 2.05) is 0 Å². The predicted molar refractivity (Wildman–Crippen MR) is 98.0 cm³/mol. The summed E-state index contributed by atoms with van der Waals surface area (Å²) in [5, 5.41) is 24.7. The minimum atomic E-state index is -1.45. The fourth-order valence-electron chi connectivity index (χ4n) is 1.92. The molecule has 0 aromatic rings. The second kappa shape index (κ2) is 11.4. The van der Waals surface area contributed by atoms with Crippen LogP contribution in [0.5, 0.6) is 0 Å². The van der Waals surface area contributed by atoms with Crippen molar-refractivity contribution in [1.82, 2.24) is 16.0 Å². The molecule has 11 nitrogen and oxygen atoms in total. The predicted octanol–water partition coefficient (Wildman–Crippen LogP) is -2.07. The molecule has 12 heteroatoms. The zero-order valence-electron chi connectivity index (χ0n) is 15.3. The Hall–Kier alpha value is -2.34. The van der Waals surface area contributed by atoms with Crippen LogP contribution in [0.1, 0.15) is 27.2 Å². The van der Waals surface area contributed by atoms with E-state index in [0.29, 0.717) is 0 Å². The molecule has 0 heterocycles.